The summed E-state index contributed by atoms with van der Waals surface area (Å²) < 4.78 is 2.16. The second-order valence-corrected chi connectivity index (χ2v) is 5.87. The smallest absolute Gasteiger partial charge is 0.280 e. The van der Waals surface area contributed by atoms with Crippen LogP contribution in [0, 0.1) is 31.1 Å². The molecule has 0 bridgehead atoms. The predicted molar refractivity (Wildman–Crippen MR) is 86.8 cm³/mol. The van der Waals surface area contributed by atoms with Crippen LogP contribution in [0.1, 0.15) is 43.1 Å². The molecule has 1 aromatic heterocycles. The topological polar surface area (TPSA) is 86.9 Å². The third-order valence-corrected chi connectivity index (χ3v) is 3.97. The zero-order valence-corrected chi connectivity index (χ0v) is 13.8. The van der Waals surface area contributed by atoms with Crippen molar-refractivity contribution >= 4 is 17.9 Å². The minimum absolute atomic E-state index is 0.00205. The maximum absolute atomic E-state index is 12.0. The highest BCUT2D eigenvalue weighted by molar-refractivity contribution is 6.02. The Labute approximate surface area is 136 Å². The molecule has 122 valence electrons. The number of aromatic nitrogens is 1. The van der Waals surface area contributed by atoms with Gasteiger partial charge in [0, 0.05) is 23.9 Å². The van der Waals surface area contributed by atoms with Gasteiger partial charge >= 0.3 is 0 Å². The van der Waals surface area contributed by atoms with Gasteiger partial charge in [-0.05, 0) is 50.8 Å². The summed E-state index contributed by atoms with van der Waals surface area (Å²) in [7, 11) is 0. The van der Waals surface area contributed by atoms with E-state index >= 15 is 0 Å². The van der Waals surface area contributed by atoms with Crippen LogP contribution >= 0.6 is 0 Å². The normalized spacial score (nSPS) is 14.3. The summed E-state index contributed by atoms with van der Waals surface area (Å²) in [5.41, 5.74) is 7.59. The van der Waals surface area contributed by atoms with E-state index < -0.39 is 5.91 Å². The molecule has 2 N–H and O–H groups in total. The predicted octanol–water partition coefficient (Wildman–Crippen LogP) is 1.98. The summed E-state index contributed by atoms with van der Waals surface area (Å²) in [5.74, 6) is -0.795. The molecular formula is C17H22N4O2. The van der Waals surface area contributed by atoms with Crippen LogP contribution in [0.3, 0.4) is 0 Å². The second-order valence-electron chi connectivity index (χ2n) is 5.87. The van der Waals surface area contributed by atoms with Crippen LogP contribution in [0.15, 0.2) is 11.6 Å². The lowest BCUT2D eigenvalue weighted by atomic mass is 10.1. The van der Waals surface area contributed by atoms with Crippen molar-refractivity contribution in [3.8, 4) is 6.07 Å². The Morgan fingerprint density at radius 1 is 1.39 bits per heavy atom. The Kier molecular flexibility index (Phi) is 5.22. The number of hydrazine groups is 1. The Hall–Kier alpha value is -2.55. The molecule has 0 aliphatic heterocycles. The average Bonchev–Trinajstić information content (AvgIpc) is 3.34. The number of aryl methyl sites for hydroxylation is 1. The fraction of sp³-hybridized carbons (Fsp3) is 0.471. The summed E-state index contributed by atoms with van der Waals surface area (Å²) in [4.78, 5) is 23.6. The summed E-state index contributed by atoms with van der Waals surface area (Å²) in [5, 5.41) is 9.22. The van der Waals surface area contributed by atoms with E-state index in [9.17, 15) is 14.9 Å². The van der Waals surface area contributed by atoms with Gasteiger partial charge in [0.1, 0.15) is 11.6 Å². The Bertz CT molecular complexity index is 690. The van der Waals surface area contributed by atoms with Gasteiger partial charge in [-0.1, -0.05) is 6.92 Å². The molecule has 1 aromatic rings. The number of rotatable bonds is 5. The zero-order chi connectivity index (χ0) is 17.0. The summed E-state index contributed by atoms with van der Waals surface area (Å²) in [6, 6.07) is 3.85. The number of nitrogens with one attached hydrogen (secondary N) is 2. The molecule has 6 nitrogen and oxygen atoms in total. The van der Waals surface area contributed by atoms with E-state index in [4.69, 9.17) is 0 Å². The van der Waals surface area contributed by atoms with E-state index in [2.05, 4.69) is 22.3 Å². The van der Waals surface area contributed by atoms with Gasteiger partial charge in [0.2, 0.25) is 5.91 Å². The van der Waals surface area contributed by atoms with Crippen LogP contribution in [-0.2, 0) is 16.1 Å². The molecule has 1 aliphatic carbocycles. The van der Waals surface area contributed by atoms with E-state index in [1.165, 1.54) is 0 Å². The molecule has 2 amide bonds. The molecule has 1 fully saturated rings. The van der Waals surface area contributed by atoms with E-state index in [-0.39, 0.29) is 17.4 Å². The molecule has 23 heavy (non-hydrogen) atoms. The van der Waals surface area contributed by atoms with Gasteiger partial charge in [-0.3, -0.25) is 20.4 Å². The van der Waals surface area contributed by atoms with Crippen LogP contribution in [0.25, 0.3) is 6.08 Å². The van der Waals surface area contributed by atoms with E-state index in [1.807, 2.05) is 26.0 Å². The number of amides is 2. The molecule has 1 aliphatic rings. The van der Waals surface area contributed by atoms with E-state index in [0.29, 0.717) is 0 Å². The first kappa shape index (κ1) is 16.8. The Morgan fingerprint density at radius 3 is 2.65 bits per heavy atom. The third kappa shape index (κ3) is 4.01. The number of carbonyl (C=O) groups excluding carboxylic acids is 2. The molecule has 1 heterocycles. The van der Waals surface area contributed by atoms with Gasteiger partial charge in [-0.2, -0.15) is 5.26 Å². The number of carbonyl (C=O) groups is 2. The van der Waals surface area contributed by atoms with Gasteiger partial charge in [0.05, 0.1) is 0 Å². The van der Waals surface area contributed by atoms with E-state index in [1.54, 1.807) is 6.08 Å². The van der Waals surface area contributed by atoms with Gasteiger partial charge in [-0.25, -0.2) is 0 Å². The monoisotopic (exact) mass is 314 g/mol. The van der Waals surface area contributed by atoms with Crippen molar-refractivity contribution in [2.24, 2.45) is 5.92 Å². The molecule has 0 atom stereocenters. The maximum Gasteiger partial charge on any atom is 0.280 e. The fourth-order valence-electron chi connectivity index (χ4n) is 2.48. The van der Waals surface area contributed by atoms with Crippen molar-refractivity contribution < 1.29 is 9.59 Å². The Balaban J connectivity index is 2.11. The first-order valence-corrected chi connectivity index (χ1v) is 7.86. The van der Waals surface area contributed by atoms with Crippen molar-refractivity contribution in [2.75, 3.05) is 0 Å². The average molecular weight is 314 g/mol. The van der Waals surface area contributed by atoms with Crippen LogP contribution < -0.4 is 10.9 Å². The molecule has 0 aromatic carbocycles. The molecule has 6 heteroatoms. The van der Waals surface area contributed by atoms with Crippen LogP contribution in [0.2, 0.25) is 0 Å². The van der Waals surface area contributed by atoms with Crippen LogP contribution in [0.4, 0.5) is 0 Å². The van der Waals surface area contributed by atoms with Gasteiger partial charge in [0.25, 0.3) is 5.91 Å². The van der Waals surface area contributed by atoms with E-state index in [0.717, 1.165) is 42.8 Å². The summed E-state index contributed by atoms with van der Waals surface area (Å²) >= 11 is 0. The number of hydrogen-bond acceptors (Lipinski definition) is 3. The van der Waals surface area contributed by atoms with Crippen LogP contribution in [-0.4, -0.2) is 16.4 Å². The summed E-state index contributed by atoms with van der Waals surface area (Å²) in [6.07, 6.45) is 4.28. The van der Waals surface area contributed by atoms with Gasteiger partial charge < -0.3 is 4.57 Å². The highest BCUT2D eigenvalue weighted by atomic mass is 16.2. The lowest BCUT2D eigenvalue weighted by Gasteiger charge is -2.07. The van der Waals surface area contributed by atoms with Crippen molar-refractivity contribution in [3.63, 3.8) is 0 Å². The number of nitriles is 1. The Morgan fingerprint density at radius 2 is 2.09 bits per heavy atom. The first-order chi connectivity index (χ1) is 11.0. The molecule has 0 radical (unpaired) electrons. The van der Waals surface area contributed by atoms with Crippen molar-refractivity contribution in [2.45, 2.75) is 46.6 Å². The fourth-order valence-corrected chi connectivity index (χ4v) is 2.48. The second kappa shape index (κ2) is 7.14. The highest BCUT2D eigenvalue weighted by Gasteiger charge is 2.29. The lowest BCUT2D eigenvalue weighted by Crippen LogP contribution is -2.42. The summed E-state index contributed by atoms with van der Waals surface area (Å²) in [6.45, 7) is 6.97. The SMILES string of the molecule is CCCn1c(C)cc(C=C(C#N)C(=O)NNC(=O)C2CC2)c1C. The van der Waals surface area contributed by atoms with Crippen molar-refractivity contribution in [1.82, 2.24) is 15.4 Å². The third-order valence-electron chi connectivity index (χ3n) is 3.97. The first-order valence-electron chi connectivity index (χ1n) is 7.86. The standard InChI is InChI=1S/C17H22N4O2/c1-4-7-21-11(2)8-14(12(21)3)9-15(10-18)17(23)20-19-16(22)13-5-6-13/h8-9,13H,4-7H2,1-3H3,(H,19,22)(H,20,23). The van der Waals surface area contributed by atoms with Gasteiger partial charge in [0.15, 0.2) is 0 Å². The number of hydrogen-bond donors (Lipinski definition) is 2. The largest absolute Gasteiger partial charge is 0.349 e. The van der Waals surface area contributed by atoms with Crippen molar-refractivity contribution in [3.05, 3.63) is 28.6 Å². The molecule has 0 saturated heterocycles. The number of nitrogens with zero attached hydrogens (tertiary/aromatic N) is 2. The molecule has 2 rings (SSSR count). The van der Waals surface area contributed by atoms with Gasteiger partial charge in [-0.15, -0.1) is 0 Å². The van der Waals surface area contributed by atoms with Crippen LogP contribution in [0.5, 0.6) is 0 Å². The molecule has 0 unspecified atom stereocenters. The molecule has 0 spiro atoms. The van der Waals surface area contributed by atoms with Crippen molar-refractivity contribution in [1.29, 1.82) is 5.26 Å². The molecule has 1 saturated carbocycles. The zero-order valence-electron chi connectivity index (χ0n) is 13.8. The minimum atomic E-state index is -0.596. The minimum Gasteiger partial charge on any atom is -0.349 e. The quantitative estimate of drug-likeness (QED) is 0.495. The lowest BCUT2D eigenvalue weighted by molar-refractivity contribution is -0.127. The molecular weight excluding hydrogens is 292 g/mol. The highest BCUT2D eigenvalue weighted by Crippen LogP contribution is 2.28. The maximum atomic E-state index is 12.0.